The van der Waals surface area contributed by atoms with Gasteiger partial charge in [-0.25, -0.2) is 9.78 Å². The third-order valence-electron chi connectivity index (χ3n) is 7.01. The summed E-state index contributed by atoms with van der Waals surface area (Å²) in [6.45, 7) is 7.72. The maximum atomic E-state index is 13.6. The van der Waals surface area contributed by atoms with Gasteiger partial charge in [-0.1, -0.05) is 70.2 Å². The highest BCUT2D eigenvalue weighted by Gasteiger charge is 2.40. The standard InChI is InChI=1S/C30H36N4O6/c1-18(2)24(26(35)28-31-21-13-8-9-15-23(21)40-28)32-27(36)22-14-10-16-34(22)29(37)25(19(3)4)33-30(38)39-17-20-11-6-5-7-12-20/h5-9,11-13,15,18-19,22,24-25H,10,14,16-17H2,1-4H3,(H,32,36)(H,33,38)/t22-,24-,25-/m0/s1. The van der Waals surface area contributed by atoms with Gasteiger partial charge in [-0.15, -0.1) is 0 Å². The van der Waals surface area contributed by atoms with E-state index in [-0.39, 0.29) is 30.2 Å². The number of hydrogen-bond donors (Lipinski definition) is 2. The van der Waals surface area contributed by atoms with Gasteiger partial charge in [0.1, 0.15) is 24.2 Å². The average molecular weight is 549 g/mol. The number of nitrogens with zero attached hydrogens (tertiary/aromatic N) is 2. The van der Waals surface area contributed by atoms with Gasteiger partial charge in [0.25, 0.3) is 5.89 Å². The molecule has 1 fully saturated rings. The molecular weight excluding hydrogens is 512 g/mol. The van der Waals surface area contributed by atoms with Gasteiger partial charge in [-0.3, -0.25) is 14.4 Å². The van der Waals surface area contributed by atoms with Crippen LogP contribution in [0.3, 0.4) is 0 Å². The first-order chi connectivity index (χ1) is 19.2. The van der Waals surface area contributed by atoms with Crippen LogP contribution in [0.15, 0.2) is 59.0 Å². The molecule has 1 aliphatic rings. The number of fused-ring (bicyclic) bond motifs is 1. The van der Waals surface area contributed by atoms with Crippen LogP contribution in [0.5, 0.6) is 0 Å². The largest absolute Gasteiger partial charge is 0.445 e. The number of carbonyl (C=O) groups is 4. The SMILES string of the molecule is CC(C)[C@H](NC(=O)[C@@H]1CCCN1C(=O)[C@@H](NC(=O)OCc1ccccc1)C(C)C)C(=O)c1nc2ccccc2o1. The molecule has 3 atom stereocenters. The molecule has 3 aromatic rings. The van der Waals surface area contributed by atoms with Gasteiger partial charge >= 0.3 is 6.09 Å². The van der Waals surface area contributed by atoms with Crippen molar-refractivity contribution in [2.75, 3.05) is 6.54 Å². The Kier molecular flexibility index (Phi) is 9.19. The summed E-state index contributed by atoms with van der Waals surface area (Å²) in [6, 6.07) is 13.8. The number of ketones is 1. The summed E-state index contributed by atoms with van der Waals surface area (Å²) in [4.78, 5) is 58.6. The third-order valence-corrected chi connectivity index (χ3v) is 7.01. The van der Waals surface area contributed by atoms with Crippen LogP contribution in [-0.2, 0) is 20.9 Å². The van der Waals surface area contributed by atoms with Gasteiger partial charge in [-0.2, -0.15) is 0 Å². The fourth-order valence-corrected chi connectivity index (χ4v) is 4.78. The number of rotatable bonds is 10. The van der Waals surface area contributed by atoms with Gasteiger partial charge in [0, 0.05) is 6.54 Å². The minimum absolute atomic E-state index is 0.0716. The first-order valence-electron chi connectivity index (χ1n) is 13.6. The fraction of sp³-hybridized carbons (Fsp3) is 0.433. The summed E-state index contributed by atoms with van der Waals surface area (Å²) in [6.07, 6.45) is 0.362. The van der Waals surface area contributed by atoms with Crippen LogP contribution in [0.25, 0.3) is 11.1 Å². The fourth-order valence-electron chi connectivity index (χ4n) is 4.78. The lowest BCUT2D eigenvalue weighted by Crippen LogP contribution is -2.57. The molecule has 1 saturated heterocycles. The van der Waals surface area contributed by atoms with E-state index in [1.54, 1.807) is 24.3 Å². The number of para-hydroxylation sites is 2. The molecule has 1 aliphatic heterocycles. The molecule has 212 valence electrons. The summed E-state index contributed by atoms with van der Waals surface area (Å²) >= 11 is 0. The van der Waals surface area contributed by atoms with Crippen molar-refractivity contribution in [3.8, 4) is 0 Å². The number of benzene rings is 2. The van der Waals surface area contributed by atoms with Gasteiger partial charge in [0.2, 0.25) is 17.6 Å². The Labute approximate surface area is 233 Å². The molecule has 0 radical (unpaired) electrons. The normalized spacial score (nSPS) is 16.6. The van der Waals surface area contributed by atoms with Crippen molar-refractivity contribution in [3.05, 3.63) is 66.1 Å². The first-order valence-corrected chi connectivity index (χ1v) is 13.6. The van der Waals surface area contributed by atoms with Crippen LogP contribution >= 0.6 is 0 Å². The number of Topliss-reactive ketones (excluding diaryl/α,β-unsaturated/α-hetero) is 1. The molecule has 2 heterocycles. The van der Waals surface area contributed by atoms with E-state index in [4.69, 9.17) is 9.15 Å². The highest BCUT2D eigenvalue weighted by molar-refractivity contribution is 6.01. The Morgan fingerprint density at radius 3 is 2.30 bits per heavy atom. The summed E-state index contributed by atoms with van der Waals surface area (Å²) < 4.78 is 11.0. The van der Waals surface area contributed by atoms with E-state index in [1.165, 1.54) is 4.90 Å². The number of likely N-dealkylation sites (tertiary alicyclic amines) is 1. The number of alkyl carbamates (subject to hydrolysis) is 1. The molecule has 0 saturated carbocycles. The second kappa shape index (κ2) is 12.8. The van der Waals surface area contributed by atoms with Gasteiger partial charge in [0.15, 0.2) is 5.58 Å². The van der Waals surface area contributed by atoms with Gasteiger partial charge < -0.3 is 24.7 Å². The number of ether oxygens (including phenoxy) is 1. The number of nitrogens with one attached hydrogen (secondary N) is 2. The molecule has 10 nitrogen and oxygen atoms in total. The van der Waals surface area contributed by atoms with Crippen molar-refractivity contribution in [2.24, 2.45) is 11.8 Å². The number of aromatic nitrogens is 1. The van der Waals surface area contributed by atoms with Crippen molar-refractivity contribution < 1.29 is 28.3 Å². The topological polar surface area (TPSA) is 131 Å². The van der Waals surface area contributed by atoms with Crippen LogP contribution in [0.2, 0.25) is 0 Å². The average Bonchev–Trinajstić information content (AvgIpc) is 3.61. The van der Waals surface area contributed by atoms with Crippen LogP contribution in [0, 0.1) is 11.8 Å². The van der Waals surface area contributed by atoms with Crippen molar-refractivity contribution in [1.82, 2.24) is 20.5 Å². The van der Waals surface area contributed by atoms with E-state index in [0.717, 1.165) is 5.56 Å². The molecule has 0 bridgehead atoms. The van der Waals surface area contributed by atoms with Crippen molar-refractivity contribution in [1.29, 1.82) is 0 Å². The van der Waals surface area contributed by atoms with Gasteiger partial charge in [0.05, 0.1) is 6.04 Å². The molecule has 1 aromatic heterocycles. The highest BCUT2D eigenvalue weighted by atomic mass is 16.5. The van der Waals surface area contributed by atoms with Crippen LogP contribution in [0.1, 0.15) is 56.8 Å². The highest BCUT2D eigenvalue weighted by Crippen LogP contribution is 2.22. The van der Waals surface area contributed by atoms with Crippen molar-refractivity contribution >= 4 is 34.8 Å². The molecule has 3 amide bonds. The molecule has 40 heavy (non-hydrogen) atoms. The maximum Gasteiger partial charge on any atom is 0.408 e. The van der Waals surface area contributed by atoms with E-state index in [1.807, 2.05) is 58.0 Å². The zero-order valence-electron chi connectivity index (χ0n) is 23.3. The maximum absolute atomic E-state index is 13.6. The van der Waals surface area contributed by atoms with E-state index in [0.29, 0.717) is 30.5 Å². The molecule has 0 unspecified atom stereocenters. The van der Waals surface area contributed by atoms with E-state index in [9.17, 15) is 19.2 Å². The molecule has 10 heteroatoms. The number of amides is 3. The van der Waals surface area contributed by atoms with E-state index in [2.05, 4.69) is 15.6 Å². The summed E-state index contributed by atoms with van der Waals surface area (Å²) in [5.74, 6) is -1.79. The zero-order chi connectivity index (χ0) is 28.8. The molecule has 2 N–H and O–H groups in total. The van der Waals surface area contributed by atoms with Crippen molar-refractivity contribution in [2.45, 2.75) is 65.3 Å². The van der Waals surface area contributed by atoms with Crippen molar-refractivity contribution in [3.63, 3.8) is 0 Å². The Balaban J connectivity index is 1.42. The molecule has 0 aliphatic carbocycles. The van der Waals surface area contributed by atoms with Crippen LogP contribution in [-0.4, -0.2) is 58.2 Å². The van der Waals surface area contributed by atoms with Gasteiger partial charge in [-0.05, 0) is 42.4 Å². The van der Waals surface area contributed by atoms with Crippen LogP contribution < -0.4 is 10.6 Å². The predicted octanol–water partition coefficient (Wildman–Crippen LogP) is 4.09. The molecule has 4 rings (SSSR count). The minimum Gasteiger partial charge on any atom is -0.445 e. The quantitative estimate of drug-likeness (QED) is 0.365. The van der Waals surface area contributed by atoms with E-state index < -0.39 is 35.9 Å². The lowest BCUT2D eigenvalue weighted by atomic mass is 9.98. The zero-order valence-corrected chi connectivity index (χ0v) is 23.3. The Hall–Kier alpha value is -4.21. The van der Waals surface area contributed by atoms with E-state index >= 15 is 0 Å². The smallest absolute Gasteiger partial charge is 0.408 e. The summed E-state index contributed by atoms with van der Waals surface area (Å²) in [5, 5.41) is 5.51. The molecule has 0 spiro atoms. The summed E-state index contributed by atoms with van der Waals surface area (Å²) in [7, 11) is 0. The Morgan fingerprint density at radius 1 is 0.950 bits per heavy atom. The lowest BCUT2D eigenvalue weighted by molar-refractivity contribution is -0.141. The molecular formula is C30H36N4O6. The van der Waals surface area contributed by atoms with Crippen LogP contribution in [0.4, 0.5) is 4.79 Å². The minimum atomic E-state index is -0.884. The Bertz CT molecular complexity index is 1320. The first kappa shape index (κ1) is 28.8. The second-order valence-electron chi connectivity index (χ2n) is 10.7. The third kappa shape index (κ3) is 6.67. The number of hydrogen-bond acceptors (Lipinski definition) is 7. The lowest BCUT2D eigenvalue weighted by Gasteiger charge is -2.31. The molecule has 2 aromatic carbocycles. The second-order valence-corrected chi connectivity index (χ2v) is 10.7. The number of carbonyl (C=O) groups excluding carboxylic acids is 4. The summed E-state index contributed by atoms with van der Waals surface area (Å²) in [5.41, 5.74) is 1.87. The Morgan fingerprint density at radius 2 is 1.62 bits per heavy atom. The predicted molar refractivity (Wildman–Crippen MR) is 148 cm³/mol. The monoisotopic (exact) mass is 548 g/mol. The number of oxazole rings is 1.